The Morgan fingerprint density at radius 2 is 2.40 bits per heavy atom. The van der Waals surface area contributed by atoms with Crippen LogP contribution in [0.3, 0.4) is 0 Å². The molecule has 2 heterocycles. The number of nitro groups is 1. The van der Waals surface area contributed by atoms with Crippen molar-refractivity contribution >= 4 is 29.1 Å². The second-order valence-corrected chi connectivity index (χ2v) is 4.79. The number of methoxy groups -OCH3 is 1. The molecule has 1 N–H and O–H groups in total. The number of halogens is 1. The average molecular weight is 302 g/mol. The van der Waals surface area contributed by atoms with Crippen molar-refractivity contribution in [3.8, 4) is 0 Å². The Morgan fingerprint density at radius 1 is 1.70 bits per heavy atom. The van der Waals surface area contributed by atoms with E-state index in [2.05, 4.69) is 4.98 Å². The summed E-state index contributed by atoms with van der Waals surface area (Å²) < 4.78 is 5.14. The summed E-state index contributed by atoms with van der Waals surface area (Å²) in [6, 6.07) is 0.246. The van der Waals surface area contributed by atoms with Gasteiger partial charge in [0.1, 0.15) is 6.04 Å². The predicted octanol–water partition coefficient (Wildman–Crippen LogP) is 1.32. The highest BCUT2D eigenvalue weighted by Crippen LogP contribution is 2.33. The van der Waals surface area contributed by atoms with Gasteiger partial charge in [0.05, 0.1) is 16.0 Å². The first-order valence-electron chi connectivity index (χ1n) is 5.76. The first kappa shape index (κ1) is 14.5. The van der Waals surface area contributed by atoms with Gasteiger partial charge in [-0.05, 0) is 0 Å². The Kier molecular flexibility index (Phi) is 4.05. The van der Waals surface area contributed by atoms with Crippen molar-refractivity contribution in [1.82, 2.24) is 4.98 Å². The molecule has 0 aliphatic carbocycles. The Labute approximate surface area is 119 Å². The monoisotopic (exact) mass is 301 g/mol. The summed E-state index contributed by atoms with van der Waals surface area (Å²) in [5.74, 6) is -1.08. The van der Waals surface area contributed by atoms with Crippen LogP contribution in [0.15, 0.2) is 12.3 Å². The highest BCUT2D eigenvalue weighted by molar-refractivity contribution is 6.30. The van der Waals surface area contributed by atoms with Crippen molar-refractivity contribution in [2.75, 3.05) is 18.6 Å². The van der Waals surface area contributed by atoms with E-state index in [0.29, 0.717) is 0 Å². The summed E-state index contributed by atoms with van der Waals surface area (Å²) in [5.41, 5.74) is -0.319. The van der Waals surface area contributed by atoms with Crippen molar-refractivity contribution in [2.24, 2.45) is 0 Å². The normalized spacial score (nSPS) is 22.0. The number of hydrogen-bond acceptors (Lipinski definition) is 6. The van der Waals surface area contributed by atoms with E-state index in [4.69, 9.17) is 16.3 Å². The number of rotatable bonds is 4. The van der Waals surface area contributed by atoms with E-state index in [9.17, 15) is 20.0 Å². The predicted molar refractivity (Wildman–Crippen MR) is 70.1 cm³/mol. The first-order valence-corrected chi connectivity index (χ1v) is 6.14. The van der Waals surface area contributed by atoms with Crippen molar-refractivity contribution in [3.63, 3.8) is 0 Å². The van der Waals surface area contributed by atoms with Crippen LogP contribution in [0.25, 0.3) is 0 Å². The highest BCUT2D eigenvalue weighted by Gasteiger charge is 2.40. The number of hydrogen-bond donors (Lipinski definition) is 1. The first-order chi connectivity index (χ1) is 9.43. The summed E-state index contributed by atoms with van der Waals surface area (Å²) in [4.78, 5) is 27.0. The molecule has 1 saturated heterocycles. The van der Waals surface area contributed by atoms with Crippen LogP contribution >= 0.6 is 11.6 Å². The lowest BCUT2D eigenvalue weighted by Gasteiger charge is -2.21. The van der Waals surface area contributed by atoms with Gasteiger partial charge < -0.3 is 14.7 Å². The molecular formula is C11H12ClN3O5. The maximum atomic E-state index is 11.3. The van der Waals surface area contributed by atoms with E-state index in [-0.39, 0.29) is 35.6 Å². The van der Waals surface area contributed by atoms with Crippen LogP contribution in [0.1, 0.15) is 6.42 Å². The molecule has 0 bridgehead atoms. The fraction of sp³-hybridized carbons (Fsp3) is 0.455. The van der Waals surface area contributed by atoms with Gasteiger partial charge in [-0.2, -0.15) is 0 Å². The molecule has 108 valence electrons. The van der Waals surface area contributed by atoms with Gasteiger partial charge in [0.2, 0.25) is 5.82 Å². The molecule has 2 rings (SSSR count). The van der Waals surface area contributed by atoms with E-state index in [1.807, 2.05) is 0 Å². The van der Waals surface area contributed by atoms with Gasteiger partial charge in [0.25, 0.3) is 0 Å². The zero-order valence-corrected chi connectivity index (χ0v) is 11.3. The lowest BCUT2D eigenvalue weighted by molar-refractivity contribution is -0.384. The van der Waals surface area contributed by atoms with Crippen LogP contribution < -0.4 is 4.90 Å². The largest absolute Gasteiger partial charge is 0.480 e. The van der Waals surface area contributed by atoms with Crippen LogP contribution in [0.2, 0.25) is 5.02 Å². The maximum Gasteiger partial charge on any atom is 0.326 e. The molecule has 0 radical (unpaired) electrons. The molecule has 2 atom stereocenters. The fourth-order valence-corrected chi connectivity index (χ4v) is 2.37. The van der Waals surface area contributed by atoms with Crippen molar-refractivity contribution < 1.29 is 19.6 Å². The second-order valence-electron chi connectivity index (χ2n) is 4.35. The van der Waals surface area contributed by atoms with Gasteiger partial charge in [-0.25, -0.2) is 9.78 Å². The topological polar surface area (TPSA) is 106 Å². The van der Waals surface area contributed by atoms with Gasteiger partial charge in [-0.3, -0.25) is 10.1 Å². The van der Waals surface area contributed by atoms with Crippen LogP contribution in [0.5, 0.6) is 0 Å². The minimum Gasteiger partial charge on any atom is -0.480 e. The van der Waals surface area contributed by atoms with Crippen molar-refractivity contribution in [1.29, 1.82) is 0 Å². The van der Waals surface area contributed by atoms with E-state index in [1.54, 1.807) is 0 Å². The van der Waals surface area contributed by atoms with E-state index in [0.717, 1.165) is 6.07 Å². The van der Waals surface area contributed by atoms with Crippen molar-refractivity contribution in [2.45, 2.75) is 18.6 Å². The molecule has 8 nitrogen and oxygen atoms in total. The minimum absolute atomic E-state index is 0.00801. The van der Waals surface area contributed by atoms with Gasteiger partial charge in [0, 0.05) is 32.3 Å². The number of pyridine rings is 1. The molecular weight excluding hydrogens is 290 g/mol. The molecule has 1 aliphatic rings. The minimum atomic E-state index is -1.07. The van der Waals surface area contributed by atoms with Gasteiger partial charge in [-0.1, -0.05) is 11.6 Å². The standard InChI is InChI=1S/C11H12ClN3O5/c1-20-7-3-9(11(16)17)14(5-7)10-8(15(18)19)2-6(12)4-13-10/h2,4,7,9H,3,5H2,1H3,(H,16,17). The van der Waals surface area contributed by atoms with E-state index < -0.39 is 16.9 Å². The summed E-state index contributed by atoms with van der Waals surface area (Å²) in [5, 5.41) is 20.4. The summed E-state index contributed by atoms with van der Waals surface area (Å²) >= 11 is 5.70. The third-order valence-corrected chi connectivity index (χ3v) is 3.37. The molecule has 0 aromatic carbocycles. The van der Waals surface area contributed by atoms with Gasteiger partial charge >= 0.3 is 11.7 Å². The number of carboxylic acid groups (broad SMARTS) is 1. The second kappa shape index (κ2) is 5.59. The SMILES string of the molecule is COC1CC(C(=O)O)N(c2ncc(Cl)cc2[N+](=O)[O-])C1. The number of ether oxygens (including phenoxy) is 1. The average Bonchev–Trinajstić information content (AvgIpc) is 2.82. The van der Waals surface area contributed by atoms with Crippen LogP contribution in [0, 0.1) is 10.1 Å². The maximum absolute atomic E-state index is 11.3. The number of carbonyl (C=O) groups is 1. The Morgan fingerprint density at radius 3 is 2.95 bits per heavy atom. The molecule has 1 aromatic heterocycles. The smallest absolute Gasteiger partial charge is 0.326 e. The molecule has 0 saturated carbocycles. The third-order valence-electron chi connectivity index (χ3n) is 3.16. The highest BCUT2D eigenvalue weighted by atomic mass is 35.5. The molecule has 0 amide bonds. The summed E-state index contributed by atoms with van der Waals surface area (Å²) in [7, 11) is 1.47. The van der Waals surface area contributed by atoms with Crippen molar-refractivity contribution in [3.05, 3.63) is 27.4 Å². The molecule has 9 heteroatoms. The van der Waals surface area contributed by atoms with Gasteiger partial charge in [0.15, 0.2) is 0 Å². The molecule has 2 unspecified atom stereocenters. The quantitative estimate of drug-likeness (QED) is 0.660. The van der Waals surface area contributed by atoms with E-state index in [1.165, 1.54) is 18.2 Å². The lowest BCUT2D eigenvalue weighted by atomic mass is 10.2. The molecule has 0 spiro atoms. The molecule has 1 fully saturated rings. The molecule has 1 aliphatic heterocycles. The number of carboxylic acids is 1. The van der Waals surface area contributed by atoms with Crippen LogP contribution in [-0.4, -0.2) is 46.8 Å². The zero-order chi connectivity index (χ0) is 14.9. The summed E-state index contributed by atoms with van der Waals surface area (Å²) in [6.45, 7) is 0.225. The number of anilines is 1. The molecule has 1 aromatic rings. The number of aliphatic carboxylic acids is 1. The summed E-state index contributed by atoms with van der Waals surface area (Å²) in [6.07, 6.45) is 1.18. The third kappa shape index (κ3) is 2.66. The number of nitrogens with zero attached hydrogens (tertiary/aromatic N) is 3. The Balaban J connectivity index is 2.43. The zero-order valence-electron chi connectivity index (χ0n) is 10.5. The lowest BCUT2D eigenvalue weighted by Crippen LogP contribution is -2.37. The van der Waals surface area contributed by atoms with E-state index >= 15 is 0 Å². The van der Waals surface area contributed by atoms with Crippen LogP contribution in [0.4, 0.5) is 11.5 Å². The van der Waals surface area contributed by atoms with Gasteiger partial charge in [-0.15, -0.1) is 0 Å². The Bertz CT molecular complexity index is 553. The fourth-order valence-electron chi connectivity index (χ4n) is 2.21. The Hall–Kier alpha value is -1.93. The number of aromatic nitrogens is 1. The van der Waals surface area contributed by atoms with Crippen LogP contribution in [-0.2, 0) is 9.53 Å². The molecule has 20 heavy (non-hydrogen) atoms.